The van der Waals surface area contributed by atoms with Crippen molar-refractivity contribution in [2.24, 2.45) is 5.92 Å². The number of nitrogens with one attached hydrogen (secondary N) is 1. The molecule has 2 atom stereocenters. The molecule has 2 heterocycles. The molecule has 0 aliphatic carbocycles. The number of aromatic nitrogens is 1. The molecule has 1 N–H and O–H groups in total. The van der Waals surface area contributed by atoms with Gasteiger partial charge in [0.25, 0.3) is 0 Å². The number of carbonyl (C=O) groups is 2. The maximum absolute atomic E-state index is 12.0. The minimum atomic E-state index is -0.604. The molecule has 9 nitrogen and oxygen atoms in total. The lowest BCUT2D eigenvalue weighted by atomic mass is 9.95. The van der Waals surface area contributed by atoms with Crippen LogP contribution in [0.5, 0.6) is 0 Å². The summed E-state index contributed by atoms with van der Waals surface area (Å²) in [6.45, 7) is 8.31. The van der Waals surface area contributed by atoms with Gasteiger partial charge in [-0.25, -0.2) is 9.78 Å². The van der Waals surface area contributed by atoms with Crippen LogP contribution in [0.1, 0.15) is 44.6 Å². The van der Waals surface area contributed by atoms with Crippen molar-refractivity contribution in [3.8, 4) is 0 Å². The Morgan fingerprint density at radius 1 is 1.46 bits per heavy atom. The van der Waals surface area contributed by atoms with Crippen molar-refractivity contribution in [1.82, 2.24) is 10.3 Å². The van der Waals surface area contributed by atoms with Crippen molar-refractivity contribution in [3.63, 3.8) is 0 Å². The number of aldehydes is 1. The molecule has 0 aromatic carbocycles. The van der Waals surface area contributed by atoms with Crippen LogP contribution < -0.4 is 10.2 Å². The number of anilines is 1. The van der Waals surface area contributed by atoms with Gasteiger partial charge < -0.3 is 15.0 Å². The molecule has 1 amide bonds. The van der Waals surface area contributed by atoms with E-state index in [0.717, 1.165) is 12.6 Å². The molecule has 1 saturated heterocycles. The van der Waals surface area contributed by atoms with E-state index in [4.69, 9.17) is 4.74 Å². The summed E-state index contributed by atoms with van der Waals surface area (Å²) in [5.41, 5.74) is -0.317. The molecule has 0 spiro atoms. The van der Waals surface area contributed by atoms with Crippen molar-refractivity contribution in [2.45, 2.75) is 45.8 Å². The molecule has 2 rings (SSSR count). The highest BCUT2D eigenvalue weighted by molar-refractivity contribution is 5.77. The number of alkyl carbamates (subject to hydrolysis) is 1. The van der Waals surface area contributed by atoms with Crippen LogP contribution in [0.25, 0.3) is 0 Å². The third-order valence-corrected chi connectivity index (χ3v) is 3.92. The molecular formula is C17H24N4O5. The molecule has 1 aliphatic rings. The molecule has 1 aromatic rings. The standard InChI is InChI=1S/C17H24N4O5/c1-11-5-12(19-16(23)26-17(2,3)4)9-20(8-11)14-6-13(10-22)18-7-15(14)21(24)25/h6-7,10-12H,5,8-9H2,1-4H3,(H,19,23)/t11-,12+/m1/s1. The normalized spacial score (nSPS) is 20.4. The zero-order valence-electron chi connectivity index (χ0n) is 15.4. The highest BCUT2D eigenvalue weighted by Gasteiger charge is 2.31. The first-order valence-electron chi connectivity index (χ1n) is 8.43. The lowest BCUT2D eigenvalue weighted by molar-refractivity contribution is -0.384. The Hall–Kier alpha value is -2.71. The fourth-order valence-electron chi connectivity index (χ4n) is 3.04. The first-order chi connectivity index (χ1) is 12.1. The summed E-state index contributed by atoms with van der Waals surface area (Å²) in [6, 6.07) is 1.19. The highest BCUT2D eigenvalue weighted by Crippen LogP contribution is 2.31. The van der Waals surface area contributed by atoms with E-state index in [0.29, 0.717) is 25.1 Å². The minimum Gasteiger partial charge on any atom is -0.444 e. The molecule has 0 radical (unpaired) electrons. The Bertz CT molecular complexity index is 701. The van der Waals surface area contributed by atoms with Crippen molar-refractivity contribution in [1.29, 1.82) is 0 Å². The van der Waals surface area contributed by atoms with Crippen molar-refractivity contribution < 1.29 is 19.2 Å². The van der Waals surface area contributed by atoms with Crippen LogP contribution in [0, 0.1) is 16.0 Å². The maximum atomic E-state index is 12.0. The topological polar surface area (TPSA) is 115 Å². The van der Waals surface area contributed by atoms with E-state index in [-0.39, 0.29) is 23.3 Å². The van der Waals surface area contributed by atoms with Gasteiger partial charge in [0.2, 0.25) is 0 Å². The second-order valence-corrected chi connectivity index (χ2v) is 7.56. The van der Waals surface area contributed by atoms with Gasteiger partial charge in [0.05, 0.1) is 4.92 Å². The maximum Gasteiger partial charge on any atom is 0.407 e. The summed E-state index contributed by atoms with van der Waals surface area (Å²) in [7, 11) is 0. The zero-order valence-corrected chi connectivity index (χ0v) is 15.4. The number of hydrogen-bond acceptors (Lipinski definition) is 7. The van der Waals surface area contributed by atoms with Gasteiger partial charge in [-0.2, -0.15) is 0 Å². The number of piperidine rings is 1. The van der Waals surface area contributed by atoms with Gasteiger partial charge in [-0.3, -0.25) is 14.9 Å². The van der Waals surface area contributed by atoms with Crippen molar-refractivity contribution >= 4 is 23.8 Å². The van der Waals surface area contributed by atoms with Gasteiger partial charge in [-0.15, -0.1) is 0 Å². The average molecular weight is 364 g/mol. The van der Waals surface area contributed by atoms with E-state index in [2.05, 4.69) is 10.3 Å². The van der Waals surface area contributed by atoms with Gasteiger partial charge >= 0.3 is 11.8 Å². The molecule has 0 unspecified atom stereocenters. The fraction of sp³-hybridized carbons (Fsp3) is 0.588. The third-order valence-electron chi connectivity index (χ3n) is 3.92. The number of carbonyl (C=O) groups excluding carboxylic acids is 2. The summed E-state index contributed by atoms with van der Waals surface area (Å²) >= 11 is 0. The van der Waals surface area contributed by atoms with Crippen LogP contribution in [0.2, 0.25) is 0 Å². The summed E-state index contributed by atoms with van der Waals surface area (Å²) in [5.74, 6) is 0.191. The first kappa shape index (κ1) is 19.6. The largest absolute Gasteiger partial charge is 0.444 e. The number of rotatable bonds is 4. The smallest absolute Gasteiger partial charge is 0.407 e. The first-order valence-corrected chi connectivity index (χ1v) is 8.43. The molecule has 9 heteroatoms. The minimum absolute atomic E-state index is 0.125. The number of nitrogens with zero attached hydrogens (tertiary/aromatic N) is 3. The molecule has 1 fully saturated rings. The van der Waals surface area contributed by atoms with E-state index < -0.39 is 16.6 Å². The Labute approximate surface area is 151 Å². The Morgan fingerprint density at radius 3 is 2.73 bits per heavy atom. The number of amides is 1. The molecular weight excluding hydrogens is 340 g/mol. The van der Waals surface area contributed by atoms with E-state index in [9.17, 15) is 19.7 Å². The second kappa shape index (κ2) is 7.67. The number of ether oxygens (including phenoxy) is 1. The summed E-state index contributed by atoms with van der Waals surface area (Å²) < 4.78 is 5.28. The summed E-state index contributed by atoms with van der Waals surface area (Å²) in [4.78, 5) is 39.4. The molecule has 26 heavy (non-hydrogen) atoms. The molecule has 1 aliphatic heterocycles. The number of pyridine rings is 1. The van der Waals surface area contributed by atoms with Crippen LogP contribution in [-0.2, 0) is 4.74 Å². The SMILES string of the molecule is C[C@@H]1C[C@H](NC(=O)OC(C)(C)C)CN(c2cc(C=O)ncc2[N+](=O)[O-])C1. The second-order valence-electron chi connectivity index (χ2n) is 7.56. The van der Waals surface area contributed by atoms with Crippen LogP contribution in [-0.4, -0.2) is 47.0 Å². The predicted octanol–water partition coefficient (Wildman–Crippen LogP) is 2.54. The Morgan fingerprint density at radius 2 is 2.15 bits per heavy atom. The van der Waals surface area contributed by atoms with Gasteiger partial charge in [-0.1, -0.05) is 6.92 Å². The Kier molecular flexibility index (Phi) is 5.79. The fourth-order valence-corrected chi connectivity index (χ4v) is 3.04. The van der Waals surface area contributed by atoms with Crippen molar-refractivity contribution in [2.75, 3.05) is 18.0 Å². The van der Waals surface area contributed by atoms with E-state index in [1.54, 1.807) is 20.8 Å². The summed E-state index contributed by atoms with van der Waals surface area (Å²) in [6.07, 6.45) is 1.86. The lowest BCUT2D eigenvalue weighted by Crippen LogP contribution is -2.51. The number of nitro groups is 1. The number of hydrogen-bond donors (Lipinski definition) is 1. The van der Waals surface area contributed by atoms with Crippen molar-refractivity contribution in [3.05, 3.63) is 28.1 Å². The average Bonchev–Trinajstić information content (AvgIpc) is 2.51. The molecule has 1 aromatic heterocycles. The monoisotopic (exact) mass is 364 g/mol. The molecule has 0 saturated carbocycles. The van der Waals surface area contributed by atoms with Gasteiger partial charge in [0, 0.05) is 19.1 Å². The van der Waals surface area contributed by atoms with E-state index in [1.165, 1.54) is 6.07 Å². The van der Waals surface area contributed by atoms with Gasteiger partial charge in [0.15, 0.2) is 6.29 Å². The van der Waals surface area contributed by atoms with Crippen LogP contribution in [0.15, 0.2) is 12.3 Å². The summed E-state index contributed by atoms with van der Waals surface area (Å²) in [5, 5.41) is 14.1. The molecule has 0 bridgehead atoms. The quantitative estimate of drug-likeness (QED) is 0.496. The van der Waals surface area contributed by atoms with Crippen LogP contribution in [0.4, 0.5) is 16.2 Å². The van der Waals surface area contributed by atoms with E-state index in [1.807, 2.05) is 11.8 Å². The van der Waals surface area contributed by atoms with Gasteiger partial charge in [0.1, 0.15) is 23.2 Å². The predicted molar refractivity (Wildman–Crippen MR) is 95.4 cm³/mol. The Balaban J connectivity index is 2.21. The highest BCUT2D eigenvalue weighted by atomic mass is 16.6. The zero-order chi connectivity index (χ0) is 19.5. The lowest BCUT2D eigenvalue weighted by Gasteiger charge is -2.38. The van der Waals surface area contributed by atoms with Crippen LogP contribution >= 0.6 is 0 Å². The van der Waals surface area contributed by atoms with Gasteiger partial charge in [-0.05, 0) is 39.2 Å². The third kappa shape index (κ3) is 5.14. The molecule has 142 valence electrons. The van der Waals surface area contributed by atoms with Crippen LogP contribution in [0.3, 0.4) is 0 Å². The van der Waals surface area contributed by atoms with E-state index >= 15 is 0 Å².